The summed E-state index contributed by atoms with van der Waals surface area (Å²) in [7, 11) is 0. The second kappa shape index (κ2) is 10.7. The van der Waals surface area contributed by atoms with Crippen molar-refractivity contribution < 1.29 is 19.5 Å². The van der Waals surface area contributed by atoms with Gasteiger partial charge in [0.15, 0.2) is 0 Å². The topological polar surface area (TPSA) is 109 Å². The molecule has 3 heterocycles. The number of phenolic OH excluding ortho intramolecular Hbond substituents is 1. The van der Waals surface area contributed by atoms with Gasteiger partial charge in [-0.15, -0.1) is 0 Å². The summed E-state index contributed by atoms with van der Waals surface area (Å²) in [6.45, 7) is -0.262. The number of benzene rings is 3. The normalized spacial score (nSPS) is 19.9. The molecule has 1 aromatic heterocycles. The number of aromatic hydroxyl groups is 1. The van der Waals surface area contributed by atoms with E-state index in [0.717, 1.165) is 25.8 Å². The molecule has 2 aliphatic rings. The van der Waals surface area contributed by atoms with Crippen LogP contribution in [0.25, 0.3) is 0 Å². The number of fused-ring (bicyclic) bond motifs is 2. The molecule has 0 spiro atoms. The number of nitrogens with one attached hydrogen (secondary N) is 1. The molecule has 8 nitrogen and oxygen atoms in total. The molecule has 0 radical (unpaired) electrons. The molecule has 6 rings (SSSR count). The molecule has 3 atom stereocenters. The molecule has 1 fully saturated rings. The number of thiazole rings is 1. The van der Waals surface area contributed by atoms with Crippen molar-refractivity contribution in [2.45, 2.75) is 22.7 Å². The van der Waals surface area contributed by atoms with Crippen LogP contribution in [0.1, 0.15) is 16.4 Å². The lowest BCUT2D eigenvalue weighted by molar-refractivity contribution is -0.122. The quantitative estimate of drug-likeness (QED) is 0.208. The lowest BCUT2D eigenvalue weighted by atomic mass is 9.83. The molecular formula is C28H19Br2N3O5S2. The average Bonchev–Trinajstić information content (AvgIpc) is 3.37. The fraction of sp³-hybridized carbons (Fsp3) is 0.143. The Kier molecular flexibility index (Phi) is 7.19. The van der Waals surface area contributed by atoms with Crippen molar-refractivity contribution in [1.82, 2.24) is 4.57 Å². The number of thioether (sulfide) groups is 1. The van der Waals surface area contributed by atoms with E-state index in [4.69, 9.17) is 0 Å². The average molecular weight is 701 g/mol. The van der Waals surface area contributed by atoms with Gasteiger partial charge in [-0.1, -0.05) is 67.1 Å². The summed E-state index contributed by atoms with van der Waals surface area (Å²) in [5.41, 5.74) is 1.76. The van der Waals surface area contributed by atoms with E-state index in [9.17, 15) is 24.3 Å². The number of carbonyl (C=O) groups is 3. The molecule has 1 saturated heterocycles. The van der Waals surface area contributed by atoms with Crippen LogP contribution in [0.2, 0.25) is 0 Å². The minimum atomic E-state index is -0.766. The molecule has 2 aliphatic heterocycles. The third kappa shape index (κ3) is 4.83. The maximum absolute atomic E-state index is 13.9. The number of amides is 3. The van der Waals surface area contributed by atoms with Gasteiger partial charge < -0.3 is 10.4 Å². The lowest BCUT2D eigenvalue weighted by Gasteiger charge is -2.30. The number of nitrogens with zero attached hydrogens (tertiary/aromatic N) is 2. The van der Waals surface area contributed by atoms with Gasteiger partial charge in [-0.3, -0.25) is 23.7 Å². The molecular weight excluding hydrogens is 682 g/mol. The number of rotatable bonds is 5. The molecule has 12 heteroatoms. The van der Waals surface area contributed by atoms with Gasteiger partial charge in [0, 0.05) is 25.4 Å². The first-order valence-corrected chi connectivity index (χ1v) is 15.4. The van der Waals surface area contributed by atoms with Crippen molar-refractivity contribution in [3.05, 3.63) is 102 Å². The highest BCUT2D eigenvalue weighted by molar-refractivity contribution is 9.10. The number of carbonyl (C=O) groups excluding carboxylic acids is 3. The van der Waals surface area contributed by atoms with E-state index in [2.05, 4.69) is 37.2 Å². The van der Waals surface area contributed by atoms with Crippen LogP contribution >= 0.6 is 55.0 Å². The molecule has 3 aromatic carbocycles. The van der Waals surface area contributed by atoms with Crippen molar-refractivity contribution in [2.75, 3.05) is 10.2 Å². The highest BCUT2D eigenvalue weighted by atomic mass is 79.9. The van der Waals surface area contributed by atoms with Gasteiger partial charge in [0.2, 0.25) is 17.7 Å². The maximum atomic E-state index is 13.9. The molecule has 0 bridgehead atoms. The number of phenols is 1. The molecule has 202 valence electrons. The maximum Gasteiger partial charge on any atom is 0.308 e. The molecule has 3 unspecified atom stereocenters. The van der Waals surface area contributed by atoms with E-state index < -0.39 is 23.0 Å². The zero-order chi connectivity index (χ0) is 28.1. The predicted octanol–water partition coefficient (Wildman–Crippen LogP) is 5.57. The highest BCUT2D eigenvalue weighted by Crippen LogP contribution is 2.54. The van der Waals surface area contributed by atoms with Gasteiger partial charge in [0.25, 0.3) is 0 Å². The van der Waals surface area contributed by atoms with Crippen LogP contribution < -0.4 is 15.1 Å². The summed E-state index contributed by atoms with van der Waals surface area (Å²) in [6, 6.07) is 20.5. The van der Waals surface area contributed by atoms with E-state index in [1.807, 2.05) is 24.3 Å². The SMILES string of the molecule is O=C(Cn1c2c(sc1=O)C(c1ccc(Br)cc1)C1C(=O)N(c3ccc(Br)cc3)C(=O)C1S2)Nc1ccc(O)cc1. The Labute approximate surface area is 253 Å². The Morgan fingerprint density at radius 3 is 2.15 bits per heavy atom. The monoisotopic (exact) mass is 699 g/mol. The Bertz CT molecular complexity index is 1700. The van der Waals surface area contributed by atoms with E-state index in [0.29, 0.717) is 21.3 Å². The van der Waals surface area contributed by atoms with Crippen molar-refractivity contribution in [2.24, 2.45) is 5.92 Å². The molecule has 2 N–H and O–H groups in total. The van der Waals surface area contributed by atoms with Crippen LogP contribution in [-0.4, -0.2) is 32.6 Å². The third-order valence-corrected chi connectivity index (χ3v) is 10.5. The van der Waals surface area contributed by atoms with E-state index >= 15 is 0 Å². The first-order valence-electron chi connectivity index (χ1n) is 12.1. The molecule has 3 amide bonds. The summed E-state index contributed by atoms with van der Waals surface area (Å²) in [5, 5.41) is 12.0. The second-order valence-electron chi connectivity index (χ2n) is 9.30. The zero-order valence-corrected chi connectivity index (χ0v) is 25.2. The first-order chi connectivity index (χ1) is 19.2. The number of hydrogen-bond acceptors (Lipinski definition) is 7. The van der Waals surface area contributed by atoms with E-state index in [-0.39, 0.29) is 29.0 Å². The summed E-state index contributed by atoms with van der Waals surface area (Å²) in [5.74, 6) is -2.28. The lowest BCUT2D eigenvalue weighted by Crippen LogP contribution is -2.33. The largest absolute Gasteiger partial charge is 0.508 e. The minimum Gasteiger partial charge on any atom is -0.508 e. The second-order valence-corrected chi connectivity index (χ2v) is 13.3. The van der Waals surface area contributed by atoms with Crippen molar-refractivity contribution in [1.29, 1.82) is 0 Å². The smallest absolute Gasteiger partial charge is 0.308 e. The van der Waals surface area contributed by atoms with Crippen LogP contribution in [0.3, 0.4) is 0 Å². The van der Waals surface area contributed by atoms with Gasteiger partial charge in [-0.25, -0.2) is 4.90 Å². The number of anilines is 2. The van der Waals surface area contributed by atoms with Crippen LogP contribution in [-0.2, 0) is 20.9 Å². The van der Waals surface area contributed by atoms with E-state index in [1.54, 1.807) is 36.4 Å². The summed E-state index contributed by atoms with van der Waals surface area (Å²) in [4.78, 5) is 55.4. The van der Waals surface area contributed by atoms with Crippen LogP contribution in [0, 0.1) is 5.92 Å². The molecule has 0 aliphatic carbocycles. The number of halogens is 2. The van der Waals surface area contributed by atoms with Crippen molar-refractivity contribution in [3.63, 3.8) is 0 Å². The Morgan fingerprint density at radius 2 is 1.50 bits per heavy atom. The van der Waals surface area contributed by atoms with Gasteiger partial charge in [-0.05, 0) is 66.2 Å². The third-order valence-electron chi connectivity index (χ3n) is 6.82. The predicted molar refractivity (Wildman–Crippen MR) is 161 cm³/mol. The standard InChI is InChI=1S/C28H19Br2N3O5S2/c29-15-3-1-14(2-4-15)21-22-23(26(37)33(25(22)36)18-9-5-16(30)6-10-18)39-27-24(21)40-28(38)32(27)13-20(35)31-17-7-11-19(34)12-8-17/h1-12,21-23,34H,13H2,(H,31,35). The first kappa shape index (κ1) is 27.0. The van der Waals surface area contributed by atoms with Crippen LogP contribution in [0.15, 0.2) is 91.6 Å². The summed E-state index contributed by atoms with van der Waals surface area (Å²) in [6.07, 6.45) is 0. The van der Waals surface area contributed by atoms with Gasteiger partial charge >= 0.3 is 4.87 Å². The molecule has 0 saturated carbocycles. The van der Waals surface area contributed by atoms with Crippen LogP contribution in [0.4, 0.5) is 11.4 Å². The fourth-order valence-electron chi connectivity index (χ4n) is 5.02. The van der Waals surface area contributed by atoms with Crippen molar-refractivity contribution in [3.8, 4) is 5.75 Å². The van der Waals surface area contributed by atoms with Gasteiger partial charge in [0.05, 0.1) is 16.6 Å². The number of aromatic nitrogens is 1. The van der Waals surface area contributed by atoms with Gasteiger partial charge in [-0.2, -0.15) is 0 Å². The van der Waals surface area contributed by atoms with Crippen LogP contribution in [0.5, 0.6) is 5.75 Å². The Balaban J connectivity index is 1.40. The number of hydrogen-bond donors (Lipinski definition) is 2. The zero-order valence-electron chi connectivity index (χ0n) is 20.4. The summed E-state index contributed by atoms with van der Waals surface area (Å²) < 4.78 is 3.06. The highest BCUT2D eigenvalue weighted by Gasteiger charge is 2.56. The molecule has 4 aromatic rings. The Hall–Kier alpha value is -3.19. The Morgan fingerprint density at radius 1 is 0.875 bits per heavy atom. The van der Waals surface area contributed by atoms with E-state index in [1.165, 1.54) is 33.4 Å². The fourth-order valence-corrected chi connectivity index (χ4v) is 8.32. The van der Waals surface area contributed by atoms with Gasteiger partial charge in [0.1, 0.15) is 17.5 Å². The minimum absolute atomic E-state index is 0.0685. The summed E-state index contributed by atoms with van der Waals surface area (Å²) >= 11 is 9.01. The van der Waals surface area contributed by atoms with Crippen molar-refractivity contribution >= 4 is 84.1 Å². The molecule has 40 heavy (non-hydrogen) atoms. The number of imide groups is 1.